The lowest BCUT2D eigenvalue weighted by Crippen LogP contribution is -2.31. The molecule has 2 aromatic rings. The van der Waals surface area contributed by atoms with Crippen molar-refractivity contribution in [3.8, 4) is 0 Å². The van der Waals surface area contributed by atoms with Crippen LogP contribution in [0.2, 0.25) is 5.02 Å². The van der Waals surface area contributed by atoms with Gasteiger partial charge in [0, 0.05) is 24.2 Å². The topological polar surface area (TPSA) is 71.1 Å². The number of hydrogen-bond acceptors (Lipinski definition) is 4. The largest absolute Gasteiger partial charge is 0.313 e. The van der Waals surface area contributed by atoms with E-state index in [9.17, 15) is 8.42 Å². The minimum Gasteiger partial charge on any atom is -0.313 e. The second kappa shape index (κ2) is 6.60. The Bertz CT molecular complexity index is 732. The number of halogens is 1. The fourth-order valence-electron chi connectivity index (χ4n) is 1.92. The van der Waals surface area contributed by atoms with Crippen LogP contribution in [0, 0.1) is 0 Å². The normalized spacial score (nSPS) is 12.0. The zero-order valence-electron chi connectivity index (χ0n) is 11.9. The van der Waals surface area contributed by atoms with Gasteiger partial charge in [0.1, 0.15) is 0 Å². The van der Waals surface area contributed by atoms with Crippen LogP contribution >= 0.6 is 11.6 Å². The molecule has 2 rings (SSSR count). The van der Waals surface area contributed by atoms with E-state index in [1.807, 2.05) is 19.9 Å². The summed E-state index contributed by atoms with van der Waals surface area (Å²) in [6.07, 6.45) is 1.61. The first-order chi connectivity index (χ1) is 9.89. The highest BCUT2D eigenvalue weighted by atomic mass is 35.5. The molecule has 0 aliphatic heterocycles. The fourth-order valence-corrected chi connectivity index (χ4v) is 3.12. The lowest BCUT2D eigenvalue weighted by molar-refractivity contribution is 0.582. The summed E-state index contributed by atoms with van der Waals surface area (Å²) in [7, 11) is -3.43. The van der Waals surface area contributed by atoms with Crippen LogP contribution in [-0.2, 0) is 10.0 Å². The number of hydrogen-bond donors (Lipinski definition) is 2. The third-order valence-electron chi connectivity index (χ3n) is 2.91. The predicted octanol–water partition coefficient (Wildman–Crippen LogP) is 2.63. The van der Waals surface area contributed by atoms with Crippen LogP contribution in [0.15, 0.2) is 30.5 Å². The van der Waals surface area contributed by atoms with E-state index >= 15 is 0 Å². The second-order valence-electron chi connectivity index (χ2n) is 5.02. The van der Waals surface area contributed by atoms with Crippen molar-refractivity contribution in [3.63, 3.8) is 0 Å². The first-order valence-corrected chi connectivity index (χ1v) is 8.69. The van der Waals surface area contributed by atoms with E-state index in [1.165, 1.54) is 0 Å². The number of rotatable bonds is 6. The summed E-state index contributed by atoms with van der Waals surface area (Å²) in [6.45, 7) is 4.33. The molecule has 0 amide bonds. The molecule has 5 nitrogen and oxygen atoms in total. The Kier molecular flexibility index (Phi) is 5.03. The van der Waals surface area contributed by atoms with E-state index in [-0.39, 0.29) is 11.8 Å². The molecule has 1 heterocycles. The van der Waals surface area contributed by atoms with Crippen molar-refractivity contribution >= 4 is 38.2 Å². The van der Waals surface area contributed by atoms with Crippen molar-refractivity contribution in [3.05, 3.63) is 35.5 Å². The number of aromatic nitrogens is 1. The number of fused-ring (bicyclic) bond motifs is 1. The van der Waals surface area contributed by atoms with Crippen LogP contribution in [0.3, 0.4) is 0 Å². The number of benzene rings is 1. The smallest absolute Gasteiger partial charge is 0.234 e. The Morgan fingerprint density at radius 1 is 1.29 bits per heavy atom. The molecular formula is C14H18ClN3O2S. The Morgan fingerprint density at radius 2 is 2.05 bits per heavy atom. The average molecular weight is 328 g/mol. The maximum Gasteiger partial charge on any atom is 0.234 e. The molecule has 0 aliphatic carbocycles. The van der Waals surface area contributed by atoms with Crippen molar-refractivity contribution in [1.29, 1.82) is 0 Å². The monoisotopic (exact) mass is 327 g/mol. The third kappa shape index (κ3) is 4.30. The minimum atomic E-state index is -3.43. The van der Waals surface area contributed by atoms with Crippen LogP contribution in [0.1, 0.15) is 13.8 Å². The molecule has 0 fully saturated rings. The number of nitrogens with one attached hydrogen (secondary N) is 2. The lowest BCUT2D eigenvalue weighted by Gasteiger charge is -2.12. The number of sulfonamides is 1. The molecule has 0 aliphatic rings. The number of pyridine rings is 1. The van der Waals surface area contributed by atoms with E-state index in [4.69, 9.17) is 11.6 Å². The Labute approximate surface area is 129 Å². The van der Waals surface area contributed by atoms with Crippen molar-refractivity contribution in [2.45, 2.75) is 19.9 Å². The van der Waals surface area contributed by atoms with Gasteiger partial charge in [-0.1, -0.05) is 25.4 Å². The maximum absolute atomic E-state index is 12.1. The predicted molar refractivity (Wildman–Crippen MR) is 87.3 cm³/mol. The molecular weight excluding hydrogens is 310 g/mol. The van der Waals surface area contributed by atoms with E-state index in [1.54, 1.807) is 24.4 Å². The van der Waals surface area contributed by atoms with Crippen LogP contribution < -0.4 is 10.0 Å². The van der Waals surface area contributed by atoms with Gasteiger partial charge in [0.05, 0.1) is 22.0 Å². The van der Waals surface area contributed by atoms with Crippen LogP contribution in [0.4, 0.5) is 5.69 Å². The van der Waals surface area contributed by atoms with Crippen molar-refractivity contribution < 1.29 is 8.42 Å². The van der Waals surface area contributed by atoms with Crippen molar-refractivity contribution in [2.75, 3.05) is 17.0 Å². The van der Waals surface area contributed by atoms with Gasteiger partial charge in [0.25, 0.3) is 0 Å². The standard InChI is InChI=1S/C14H18ClN3O2S/c1-10(2)16-8-9-21(19,20)18-13-6-5-12(15)11-4-3-7-17-14(11)13/h3-7,10,16,18H,8-9H2,1-2H3. The summed E-state index contributed by atoms with van der Waals surface area (Å²) < 4.78 is 26.8. The molecule has 0 saturated heterocycles. The van der Waals surface area contributed by atoms with Gasteiger partial charge in [-0.05, 0) is 24.3 Å². The van der Waals surface area contributed by atoms with Gasteiger partial charge in [0.2, 0.25) is 10.0 Å². The first-order valence-electron chi connectivity index (χ1n) is 6.66. The zero-order valence-corrected chi connectivity index (χ0v) is 13.5. The molecule has 0 bridgehead atoms. The molecule has 2 N–H and O–H groups in total. The van der Waals surface area contributed by atoms with Gasteiger partial charge in [-0.2, -0.15) is 0 Å². The van der Waals surface area contributed by atoms with Gasteiger partial charge < -0.3 is 5.32 Å². The van der Waals surface area contributed by atoms with Crippen molar-refractivity contribution in [2.24, 2.45) is 0 Å². The highest BCUT2D eigenvalue weighted by Gasteiger charge is 2.14. The zero-order chi connectivity index (χ0) is 15.5. The maximum atomic E-state index is 12.1. The van der Waals surface area contributed by atoms with E-state index in [0.717, 1.165) is 5.39 Å². The van der Waals surface area contributed by atoms with E-state index < -0.39 is 10.0 Å². The van der Waals surface area contributed by atoms with Crippen LogP contribution in [-0.4, -0.2) is 31.7 Å². The van der Waals surface area contributed by atoms with Crippen LogP contribution in [0.5, 0.6) is 0 Å². The molecule has 1 aromatic carbocycles. The number of anilines is 1. The van der Waals surface area contributed by atoms with Gasteiger partial charge >= 0.3 is 0 Å². The summed E-state index contributed by atoms with van der Waals surface area (Å²) >= 11 is 6.09. The molecule has 7 heteroatoms. The lowest BCUT2D eigenvalue weighted by atomic mass is 10.2. The van der Waals surface area contributed by atoms with Gasteiger partial charge in [0.15, 0.2) is 0 Å². The highest BCUT2D eigenvalue weighted by molar-refractivity contribution is 7.92. The Morgan fingerprint density at radius 3 is 2.76 bits per heavy atom. The van der Waals surface area contributed by atoms with Gasteiger partial charge in [-0.25, -0.2) is 8.42 Å². The molecule has 0 radical (unpaired) electrons. The molecule has 1 aromatic heterocycles. The highest BCUT2D eigenvalue weighted by Crippen LogP contribution is 2.28. The second-order valence-corrected chi connectivity index (χ2v) is 7.27. The van der Waals surface area contributed by atoms with Crippen molar-refractivity contribution in [1.82, 2.24) is 10.3 Å². The quantitative estimate of drug-likeness (QED) is 0.855. The average Bonchev–Trinajstić information content (AvgIpc) is 2.41. The van der Waals surface area contributed by atoms with E-state index in [2.05, 4.69) is 15.0 Å². The molecule has 21 heavy (non-hydrogen) atoms. The Hall–Kier alpha value is -1.37. The molecule has 0 atom stereocenters. The number of nitrogens with zero attached hydrogens (tertiary/aromatic N) is 1. The third-order valence-corrected chi connectivity index (χ3v) is 4.51. The summed E-state index contributed by atoms with van der Waals surface area (Å²) in [5.74, 6) is 0.00212. The molecule has 114 valence electrons. The summed E-state index contributed by atoms with van der Waals surface area (Å²) in [5, 5.41) is 4.34. The Balaban J connectivity index is 2.22. The first kappa shape index (κ1) is 16.0. The summed E-state index contributed by atoms with van der Waals surface area (Å²) in [5.41, 5.74) is 0.991. The molecule has 0 saturated carbocycles. The summed E-state index contributed by atoms with van der Waals surface area (Å²) in [4.78, 5) is 4.21. The fraction of sp³-hybridized carbons (Fsp3) is 0.357. The molecule has 0 unspecified atom stereocenters. The summed E-state index contributed by atoms with van der Waals surface area (Å²) in [6, 6.07) is 7.11. The minimum absolute atomic E-state index is 0.00212. The van der Waals surface area contributed by atoms with Gasteiger partial charge in [-0.3, -0.25) is 9.71 Å². The van der Waals surface area contributed by atoms with Crippen LogP contribution in [0.25, 0.3) is 10.9 Å². The van der Waals surface area contributed by atoms with Gasteiger partial charge in [-0.15, -0.1) is 0 Å². The SMILES string of the molecule is CC(C)NCCS(=O)(=O)Nc1ccc(Cl)c2cccnc12. The van der Waals surface area contributed by atoms with E-state index in [0.29, 0.717) is 22.8 Å². The molecule has 0 spiro atoms.